The molecule has 2 aliphatic heterocycles. The molecule has 0 N–H and O–H groups in total. The zero-order chi connectivity index (χ0) is 21.6. The van der Waals surface area contributed by atoms with Crippen molar-refractivity contribution in [2.75, 3.05) is 50.7 Å². The molecule has 2 aliphatic rings. The van der Waals surface area contributed by atoms with Crippen LogP contribution in [0.3, 0.4) is 0 Å². The fourth-order valence-corrected chi connectivity index (χ4v) is 4.82. The molecule has 1 amide bonds. The number of pyridine rings is 1. The molecule has 162 valence electrons. The molecule has 0 saturated carbocycles. The third-order valence-corrected chi connectivity index (χ3v) is 6.59. The fourth-order valence-electron chi connectivity index (χ4n) is 4.82. The van der Waals surface area contributed by atoms with Crippen molar-refractivity contribution in [3.63, 3.8) is 0 Å². The van der Waals surface area contributed by atoms with Crippen molar-refractivity contribution in [1.29, 1.82) is 0 Å². The van der Waals surface area contributed by atoms with Gasteiger partial charge in [0, 0.05) is 63.1 Å². The van der Waals surface area contributed by atoms with Gasteiger partial charge in [-0.05, 0) is 30.7 Å². The number of hydrogen-bond donors (Lipinski definition) is 0. The number of aryl methyl sites for hydroxylation is 1. The summed E-state index contributed by atoms with van der Waals surface area (Å²) in [4.78, 5) is 24.2. The van der Waals surface area contributed by atoms with Gasteiger partial charge < -0.3 is 14.3 Å². The number of piperazine rings is 1. The summed E-state index contributed by atoms with van der Waals surface area (Å²) in [5, 5.41) is 5.36. The second-order valence-electron chi connectivity index (χ2n) is 9.31. The van der Waals surface area contributed by atoms with E-state index in [9.17, 15) is 4.79 Å². The molecule has 7 heteroatoms. The molecule has 5 rings (SSSR count). The van der Waals surface area contributed by atoms with Crippen molar-refractivity contribution < 1.29 is 9.32 Å². The number of para-hydroxylation sites is 1. The highest BCUT2D eigenvalue weighted by atomic mass is 16.5. The van der Waals surface area contributed by atoms with Crippen molar-refractivity contribution >= 4 is 22.7 Å². The van der Waals surface area contributed by atoms with Crippen LogP contribution in [-0.4, -0.2) is 71.7 Å². The van der Waals surface area contributed by atoms with Crippen LogP contribution in [0.15, 0.2) is 41.1 Å². The molecule has 0 spiro atoms. The molecule has 2 aromatic heterocycles. The highest BCUT2D eigenvalue weighted by Gasteiger charge is 2.37. The SMILES string of the molecule is Cc1cc2c(cn1)C(=O)N(CCN1CCN(c3noc4ccccc34)CC1)CC2(C)C. The van der Waals surface area contributed by atoms with Crippen LogP contribution >= 0.6 is 0 Å². The third-order valence-electron chi connectivity index (χ3n) is 6.59. The van der Waals surface area contributed by atoms with Gasteiger partial charge >= 0.3 is 0 Å². The Morgan fingerprint density at radius 3 is 2.68 bits per heavy atom. The van der Waals surface area contributed by atoms with Crippen molar-refractivity contribution in [1.82, 2.24) is 19.9 Å². The zero-order valence-electron chi connectivity index (χ0n) is 18.5. The van der Waals surface area contributed by atoms with Gasteiger partial charge in [0.15, 0.2) is 11.4 Å². The summed E-state index contributed by atoms with van der Waals surface area (Å²) in [6.07, 6.45) is 1.75. The number of benzene rings is 1. The van der Waals surface area contributed by atoms with Crippen molar-refractivity contribution in [2.24, 2.45) is 0 Å². The number of anilines is 1. The Morgan fingerprint density at radius 1 is 1.10 bits per heavy atom. The molecule has 3 aromatic rings. The predicted molar refractivity (Wildman–Crippen MR) is 121 cm³/mol. The molecule has 31 heavy (non-hydrogen) atoms. The second-order valence-corrected chi connectivity index (χ2v) is 9.31. The number of hydrogen-bond acceptors (Lipinski definition) is 6. The van der Waals surface area contributed by atoms with Crippen LogP contribution in [0.5, 0.6) is 0 Å². The van der Waals surface area contributed by atoms with E-state index in [1.54, 1.807) is 6.20 Å². The first-order valence-corrected chi connectivity index (χ1v) is 11.0. The molecular weight excluding hydrogens is 390 g/mol. The standard InChI is InChI=1S/C24H29N5O2/c1-17-14-20-19(15-25-17)23(30)29(16-24(20,2)3)13-10-27-8-11-28(12-9-27)22-18-6-4-5-7-21(18)31-26-22/h4-7,14-15H,8-13,16H2,1-3H3. The topological polar surface area (TPSA) is 65.7 Å². The molecule has 0 bridgehead atoms. The first kappa shape index (κ1) is 20.0. The number of nitrogens with zero attached hydrogens (tertiary/aromatic N) is 5. The Bertz CT molecular complexity index is 1110. The second kappa shape index (κ2) is 7.64. The van der Waals surface area contributed by atoms with E-state index in [1.165, 1.54) is 0 Å². The quantitative estimate of drug-likeness (QED) is 0.648. The number of aromatic nitrogens is 2. The van der Waals surface area contributed by atoms with Crippen molar-refractivity contribution in [3.8, 4) is 0 Å². The van der Waals surface area contributed by atoms with Crippen LogP contribution in [0, 0.1) is 6.92 Å². The predicted octanol–water partition coefficient (Wildman–Crippen LogP) is 3.09. The molecule has 1 saturated heterocycles. The van der Waals surface area contributed by atoms with Gasteiger partial charge in [0.25, 0.3) is 5.91 Å². The molecule has 7 nitrogen and oxygen atoms in total. The minimum Gasteiger partial charge on any atom is -0.354 e. The highest BCUT2D eigenvalue weighted by molar-refractivity contribution is 5.97. The average Bonchev–Trinajstić information content (AvgIpc) is 3.20. The lowest BCUT2D eigenvalue weighted by molar-refractivity contribution is 0.0661. The van der Waals surface area contributed by atoms with Crippen molar-refractivity contribution in [3.05, 3.63) is 53.3 Å². The Kier molecular flexibility index (Phi) is 4.93. The van der Waals surface area contributed by atoms with Crippen LogP contribution in [0.25, 0.3) is 11.0 Å². The summed E-state index contributed by atoms with van der Waals surface area (Å²) in [6.45, 7) is 12.5. The van der Waals surface area contributed by atoms with Gasteiger partial charge in [-0.25, -0.2) is 0 Å². The number of fused-ring (bicyclic) bond motifs is 2. The lowest BCUT2D eigenvalue weighted by atomic mass is 9.78. The van der Waals surface area contributed by atoms with Crippen LogP contribution < -0.4 is 4.90 Å². The van der Waals surface area contributed by atoms with E-state index in [0.29, 0.717) is 0 Å². The maximum Gasteiger partial charge on any atom is 0.255 e. The van der Waals surface area contributed by atoms with Crippen LogP contribution in [0.4, 0.5) is 5.82 Å². The van der Waals surface area contributed by atoms with Crippen LogP contribution in [0.1, 0.15) is 35.5 Å². The van der Waals surface area contributed by atoms with Gasteiger partial charge in [-0.1, -0.05) is 31.1 Å². The van der Waals surface area contributed by atoms with E-state index in [1.807, 2.05) is 30.0 Å². The Morgan fingerprint density at radius 2 is 1.87 bits per heavy atom. The Labute approximate surface area is 182 Å². The zero-order valence-corrected chi connectivity index (χ0v) is 18.5. The molecule has 0 atom stereocenters. The minimum absolute atomic E-state index is 0.0658. The summed E-state index contributed by atoms with van der Waals surface area (Å²) in [7, 11) is 0. The fraction of sp³-hybridized carbons (Fsp3) is 0.458. The highest BCUT2D eigenvalue weighted by Crippen LogP contribution is 2.33. The maximum absolute atomic E-state index is 13.1. The molecule has 0 radical (unpaired) electrons. The van der Waals surface area contributed by atoms with E-state index in [4.69, 9.17) is 4.52 Å². The summed E-state index contributed by atoms with van der Waals surface area (Å²) < 4.78 is 5.47. The lowest BCUT2D eigenvalue weighted by Gasteiger charge is -2.41. The normalized spacial score (nSPS) is 19.1. The number of rotatable bonds is 4. The molecular formula is C24H29N5O2. The monoisotopic (exact) mass is 419 g/mol. The van der Waals surface area contributed by atoms with Gasteiger partial charge in [0.05, 0.1) is 10.9 Å². The summed E-state index contributed by atoms with van der Waals surface area (Å²) in [5.74, 6) is 1.04. The molecule has 0 unspecified atom stereocenters. The van der Waals surface area contributed by atoms with Crippen LogP contribution in [-0.2, 0) is 5.41 Å². The summed E-state index contributed by atoms with van der Waals surface area (Å²) in [5.41, 5.74) is 3.60. The first-order chi connectivity index (χ1) is 14.9. The number of carbonyl (C=O) groups excluding carboxylic acids is 1. The van der Waals surface area contributed by atoms with E-state index in [0.717, 1.165) is 79.4 Å². The van der Waals surface area contributed by atoms with Gasteiger partial charge in [0.1, 0.15) is 0 Å². The third kappa shape index (κ3) is 3.67. The smallest absolute Gasteiger partial charge is 0.255 e. The van der Waals surface area contributed by atoms with Crippen LogP contribution in [0.2, 0.25) is 0 Å². The van der Waals surface area contributed by atoms with E-state index >= 15 is 0 Å². The lowest BCUT2D eigenvalue weighted by Crippen LogP contribution is -2.52. The van der Waals surface area contributed by atoms with E-state index in [2.05, 4.69) is 45.9 Å². The minimum atomic E-state index is -0.0658. The molecule has 4 heterocycles. The summed E-state index contributed by atoms with van der Waals surface area (Å²) >= 11 is 0. The van der Waals surface area contributed by atoms with Gasteiger partial charge in [-0.3, -0.25) is 14.7 Å². The van der Waals surface area contributed by atoms with Gasteiger partial charge in [0.2, 0.25) is 0 Å². The average molecular weight is 420 g/mol. The number of carbonyl (C=O) groups is 1. The summed E-state index contributed by atoms with van der Waals surface area (Å²) in [6, 6.07) is 10.1. The molecule has 1 fully saturated rings. The van der Waals surface area contributed by atoms with E-state index < -0.39 is 0 Å². The Hall–Kier alpha value is -2.93. The Balaban J connectivity index is 1.21. The van der Waals surface area contributed by atoms with Gasteiger partial charge in [-0.2, -0.15) is 0 Å². The van der Waals surface area contributed by atoms with Crippen molar-refractivity contribution in [2.45, 2.75) is 26.2 Å². The van der Waals surface area contributed by atoms with E-state index in [-0.39, 0.29) is 11.3 Å². The maximum atomic E-state index is 13.1. The largest absolute Gasteiger partial charge is 0.354 e. The number of amides is 1. The molecule has 0 aliphatic carbocycles. The van der Waals surface area contributed by atoms with Gasteiger partial charge in [-0.15, -0.1) is 0 Å². The first-order valence-electron chi connectivity index (χ1n) is 11.0. The molecule has 1 aromatic carbocycles.